The topological polar surface area (TPSA) is 115 Å². The van der Waals surface area contributed by atoms with Gasteiger partial charge in [0, 0.05) is 37.6 Å². The fourth-order valence-corrected chi connectivity index (χ4v) is 6.97. The third-order valence-electron chi connectivity index (χ3n) is 9.61. The number of ether oxygens (including phenoxy) is 2. The standard InChI is InChI=1S/C28H52N4O5/c1-18-25-9-10-32(13-21(25)7-8-27(18)37-17-26(34)19(2)29-3)14-24(33)12-30-28(35)20-5-4-6-22(11-20)31-23-15-36-16-23/h18-27,29,31,33-34H,4-17H2,1-3H3,(H,30,35)/t18?,19?,20?,21?,22?,24-,25?,26?,27?/m0/s1. The maximum atomic E-state index is 12.8. The first kappa shape index (κ1) is 29.2. The molecule has 0 aromatic heterocycles. The van der Waals surface area contributed by atoms with Gasteiger partial charge in [-0.3, -0.25) is 4.79 Å². The lowest BCUT2D eigenvalue weighted by atomic mass is 9.68. The maximum Gasteiger partial charge on any atom is 0.223 e. The number of carbonyl (C=O) groups excluding carboxylic acids is 1. The monoisotopic (exact) mass is 524 g/mol. The number of likely N-dealkylation sites (N-methyl/N-ethyl adjacent to an activating group) is 1. The van der Waals surface area contributed by atoms with Crippen molar-refractivity contribution in [2.24, 2.45) is 23.7 Å². The van der Waals surface area contributed by atoms with Crippen LogP contribution in [-0.4, -0.2) is 111 Å². The van der Waals surface area contributed by atoms with E-state index in [1.165, 1.54) is 0 Å². The highest BCUT2D eigenvalue weighted by atomic mass is 16.5. The van der Waals surface area contributed by atoms with E-state index in [9.17, 15) is 15.0 Å². The molecule has 2 heterocycles. The molecule has 9 nitrogen and oxygen atoms in total. The summed E-state index contributed by atoms with van der Waals surface area (Å²) in [6, 6.07) is 0.869. The number of nitrogens with zero attached hydrogens (tertiary/aromatic N) is 1. The Kier molecular flexibility index (Phi) is 11.0. The Labute approximate surface area is 223 Å². The molecule has 5 N–H and O–H groups in total. The second-order valence-electron chi connectivity index (χ2n) is 12.3. The van der Waals surface area contributed by atoms with Crippen LogP contribution in [0.5, 0.6) is 0 Å². The molecule has 8 unspecified atom stereocenters. The van der Waals surface area contributed by atoms with E-state index in [-0.39, 0.29) is 24.0 Å². The lowest BCUT2D eigenvalue weighted by Crippen LogP contribution is -2.52. The Bertz CT molecular complexity index is 710. The van der Waals surface area contributed by atoms with Crippen LogP contribution in [0.25, 0.3) is 0 Å². The van der Waals surface area contributed by atoms with Crippen molar-refractivity contribution in [3.63, 3.8) is 0 Å². The first-order valence-electron chi connectivity index (χ1n) is 14.8. The predicted molar refractivity (Wildman–Crippen MR) is 143 cm³/mol. The van der Waals surface area contributed by atoms with Gasteiger partial charge < -0.3 is 40.5 Å². The van der Waals surface area contributed by atoms with Crippen LogP contribution in [0, 0.1) is 23.7 Å². The predicted octanol–water partition coefficient (Wildman–Crippen LogP) is 0.733. The van der Waals surface area contributed by atoms with Crippen molar-refractivity contribution in [1.82, 2.24) is 20.9 Å². The Morgan fingerprint density at radius 1 is 1.14 bits per heavy atom. The van der Waals surface area contributed by atoms with E-state index >= 15 is 0 Å². The number of hydrogen-bond acceptors (Lipinski definition) is 8. The number of aliphatic hydroxyl groups excluding tert-OH is 2. The Morgan fingerprint density at radius 2 is 1.95 bits per heavy atom. The minimum absolute atomic E-state index is 0.0233. The van der Waals surface area contributed by atoms with Crippen LogP contribution < -0.4 is 16.0 Å². The zero-order valence-corrected chi connectivity index (χ0v) is 23.2. The molecule has 9 atom stereocenters. The third kappa shape index (κ3) is 8.10. The molecule has 2 saturated heterocycles. The minimum Gasteiger partial charge on any atom is -0.390 e. The summed E-state index contributed by atoms with van der Waals surface area (Å²) >= 11 is 0. The van der Waals surface area contributed by atoms with Gasteiger partial charge in [0.2, 0.25) is 5.91 Å². The smallest absolute Gasteiger partial charge is 0.223 e. The summed E-state index contributed by atoms with van der Waals surface area (Å²) < 4.78 is 11.4. The van der Waals surface area contributed by atoms with E-state index in [0.717, 1.165) is 71.2 Å². The summed E-state index contributed by atoms with van der Waals surface area (Å²) in [4.78, 5) is 15.2. The quantitative estimate of drug-likeness (QED) is 0.254. The zero-order valence-electron chi connectivity index (χ0n) is 23.2. The molecule has 2 aliphatic heterocycles. The van der Waals surface area contributed by atoms with Crippen LogP contribution in [0.3, 0.4) is 0 Å². The van der Waals surface area contributed by atoms with Crippen LogP contribution in [0.4, 0.5) is 0 Å². The highest BCUT2D eigenvalue weighted by Crippen LogP contribution is 2.41. The van der Waals surface area contributed by atoms with Gasteiger partial charge in [-0.05, 0) is 76.8 Å². The lowest BCUT2D eigenvalue weighted by molar-refractivity contribution is -0.127. The van der Waals surface area contributed by atoms with Crippen molar-refractivity contribution < 1.29 is 24.5 Å². The van der Waals surface area contributed by atoms with Gasteiger partial charge in [0.25, 0.3) is 0 Å². The molecular weight excluding hydrogens is 472 g/mol. The van der Waals surface area contributed by atoms with Crippen molar-refractivity contribution >= 4 is 5.91 Å². The Balaban J connectivity index is 1.14. The van der Waals surface area contributed by atoms with Gasteiger partial charge in [0.1, 0.15) is 0 Å². The van der Waals surface area contributed by atoms with E-state index in [1.807, 2.05) is 14.0 Å². The number of rotatable bonds is 12. The van der Waals surface area contributed by atoms with E-state index in [1.54, 1.807) is 0 Å². The van der Waals surface area contributed by atoms with Crippen LogP contribution in [-0.2, 0) is 14.3 Å². The zero-order chi connectivity index (χ0) is 26.4. The largest absolute Gasteiger partial charge is 0.390 e. The average molecular weight is 525 g/mol. The van der Waals surface area contributed by atoms with Gasteiger partial charge in [-0.25, -0.2) is 0 Å². The third-order valence-corrected chi connectivity index (χ3v) is 9.61. The highest BCUT2D eigenvalue weighted by molar-refractivity contribution is 5.78. The van der Waals surface area contributed by atoms with Crippen LogP contribution in [0.2, 0.25) is 0 Å². The number of β-amino-alcohol motifs (C(OH)–C–C–N with tert-alkyl or cyclic N) is 1. The van der Waals surface area contributed by atoms with Gasteiger partial charge in [-0.15, -0.1) is 0 Å². The van der Waals surface area contributed by atoms with Crippen molar-refractivity contribution in [2.45, 2.75) is 95.2 Å². The fraction of sp³-hybridized carbons (Fsp3) is 0.964. The number of piperidine rings is 1. The molecule has 0 spiro atoms. The number of carbonyl (C=O) groups is 1. The molecule has 2 saturated carbocycles. The molecule has 9 heteroatoms. The molecule has 214 valence electrons. The summed E-state index contributed by atoms with van der Waals surface area (Å²) in [6.07, 6.45) is 6.47. The second kappa shape index (κ2) is 14.0. The van der Waals surface area contributed by atoms with Crippen LogP contribution in [0.1, 0.15) is 58.8 Å². The van der Waals surface area contributed by atoms with Crippen LogP contribution in [0.15, 0.2) is 0 Å². The first-order chi connectivity index (χ1) is 17.8. The Hall–Kier alpha value is -0.810. The molecule has 0 aromatic carbocycles. The lowest BCUT2D eigenvalue weighted by Gasteiger charge is -2.47. The van der Waals surface area contributed by atoms with Crippen molar-refractivity contribution in [3.05, 3.63) is 0 Å². The van der Waals surface area contributed by atoms with Gasteiger partial charge in [0.15, 0.2) is 0 Å². The Morgan fingerprint density at radius 3 is 2.68 bits per heavy atom. The minimum atomic E-state index is -0.544. The number of aliphatic hydroxyl groups is 2. The summed E-state index contributed by atoms with van der Waals surface area (Å²) in [6.45, 7) is 9.15. The summed E-state index contributed by atoms with van der Waals surface area (Å²) in [5.41, 5.74) is 0. The molecule has 1 amide bonds. The number of likely N-dealkylation sites (tertiary alicyclic amines) is 1. The van der Waals surface area contributed by atoms with Crippen molar-refractivity contribution in [3.8, 4) is 0 Å². The number of amides is 1. The molecule has 2 aliphatic carbocycles. The first-order valence-corrected chi connectivity index (χ1v) is 14.8. The summed E-state index contributed by atoms with van der Waals surface area (Å²) in [5, 5.41) is 30.7. The highest BCUT2D eigenvalue weighted by Gasteiger charge is 2.41. The summed E-state index contributed by atoms with van der Waals surface area (Å²) in [5.74, 6) is 1.87. The fourth-order valence-electron chi connectivity index (χ4n) is 6.97. The normalized spacial score (nSPS) is 35.7. The number of hydrogen-bond donors (Lipinski definition) is 5. The molecule has 4 fully saturated rings. The van der Waals surface area contributed by atoms with E-state index < -0.39 is 12.2 Å². The SMILES string of the molecule is CNC(C)C(O)COC1CCC2CN(C[C@@H](O)CNC(=O)C3CCCC(NC4COC4)C3)CCC2C1C. The maximum absolute atomic E-state index is 12.8. The molecule has 37 heavy (non-hydrogen) atoms. The van der Waals surface area contributed by atoms with E-state index in [0.29, 0.717) is 49.5 Å². The van der Waals surface area contributed by atoms with E-state index in [4.69, 9.17) is 9.47 Å². The van der Waals surface area contributed by atoms with Gasteiger partial charge >= 0.3 is 0 Å². The number of fused-ring (bicyclic) bond motifs is 1. The molecule has 0 aromatic rings. The molecule has 0 radical (unpaired) electrons. The average Bonchev–Trinajstić information content (AvgIpc) is 2.88. The van der Waals surface area contributed by atoms with E-state index in [2.05, 4.69) is 27.8 Å². The second-order valence-corrected chi connectivity index (χ2v) is 12.3. The van der Waals surface area contributed by atoms with Gasteiger partial charge in [0.05, 0.1) is 44.2 Å². The molecule has 0 bridgehead atoms. The van der Waals surface area contributed by atoms with Crippen molar-refractivity contribution in [2.75, 3.05) is 53.0 Å². The molecule has 4 aliphatic rings. The van der Waals surface area contributed by atoms with Crippen LogP contribution >= 0.6 is 0 Å². The molecule has 4 rings (SSSR count). The molecular formula is C28H52N4O5. The number of nitrogens with one attached hydrogen (secondary N) is 3. The summed E-state index contributed by atoms with van der Waals surface area (Å²) in [7, 11) is 1.86. The van der Waals surface area contributed by atoms with Gasteiger partial charge in [-0.2, -0.15) is 0 Å². The van der Waals surface area contributed by atoms with Gasteiger partial charge in [-0.1, -0.05) is 13.3 Å². The van der Waals surface area contributed by atoms with Crippen molar-refractivity contribution in [1.29, 1.82) is 0 Å².